The van der Waals surface area contributed by atoms with Crippen LogP contribution in [0.1, 0.15) is 36.5 Å². The molecule has 1 unspecified atom stereocenters. The smallest absolute Gasteiger partial charge is 0.148 e. The van der Waals surface area contributed by atoms with Gasteiger partial charge in [0.25, 0.3) is 0 Å². The third kappa shape index (κ3) is 5.31. The summed E-state index contributed by atoms with van der Waals surface area (Å²) in [5.74, 6) is 1.87. The lowest BCUT2D eigenvalue weighted by Crippen LogP contribution is -2.21. The summed E-state index contributed by atoms with van der Waals surface area (Å²) in [5.41, 5.74) is 3.19. The first-order chi connectivity index (χ1) is 16.6. The number of hydrogen-bond acceptors (Lipinski definition) is 8. The molecule has 3 heterocycles. The Balaban J connectivity index is 1.79. The van der Waals surface area contributed by atoms with Crippen LogP contribution in [-0.4, -0.2) is 40.9 Å². The number of rotatable bonds is 8. The minimum absolute atomic E-state index is 0.190. The third-order valence-corrected chi connectivity index (χ3v) is 6.55. The van der Waals surface area contributed by atoms with Crippen molar-refractivity contribution >= 4 is 17.6 Å². The molecular weight excluding hydrogens is 446 g/mol. The summed E-state index contributed by atoms with van der Waals surface area (Å²) >= 11 is 1.48. The van der Waals surface area contributed by atoms with Crippen molar-refractivity contribution in [2.75, 3.05) is 24.6 Å². The molecule has 172 valence electrons. The lowest BCUT2D eigenvalue weighted by atomic mass is 9.96. The van der Waals surface area contributed by atoms with Crippen molar-refractivity contribution < 1.29 is 9.84 Å². The van der Waals surface area contributed by atoms with E-state index in [1.807, 2.05) is 24.3 Å². The normalized spacial score (nSPS) is 13.8. The Kier molecular flexibility index (Phi) is 7.64. The largest absolute Gasteiger partial charge is 0.491 e. The molecule has 8 heteroatoms. The van der Waals surface area contributed by atoms with Crippen LogP contribution in [0.5, 0.6) is 5.75 Å². The van der Waals surface area contributed by atoms with Crippen LogP contribution in [-0.2, 0) is 5.75 Å². The van der Waals surface area contributed by atoms with E-state index in [4.69, 9.17) is 9.72 Å². The van der Waals surface area contributed by atoms with Crippen LogP contribution >= 0.6 is 11.8 Å². The van der Waals surface area contributed by atoms with Crippen LogP contribution < -0.4 is 9.64 Å². The van der Waals surface area contributed by atoms with Gasteiger partial charge in [-0.25, -0.2) is 4.98 Å². The number of nitriles is 2. The van der Waals surface area contributed by atoms with Crippen LogP contribution in [0.4, 0.5) is 5.82 Å². The van der Waals surface area contributed by atoms with E-state index in [-0.39, 0.29) is 6.61 Å². The van der Waals surface area contributed by atoms with Gasteiger partial charge in [-0.3, -0.25) is 4.98 Å². The Bertz CT molecular complexity index is 1210. The first-order valence-corrected chi connectivity index (χ1v) is 12.2. The number of benzene rings is 1. The summed E-state index contributed by atoms with van der Waals surface area (Å²) < 4.78 is 5.58. The second-order valence-corrected chi connectivity index (χ2v) is 9.08. The predicted molar refractivity (Wildman–Crippen MR) is 132 cm³/mol. The molecule has 3 aromatic rings. The number of ether oxygens (including phenoxy) is 1. The molecule has 7 nitrogen and oxygen atoms in total. The fourth-order valence-corrected chi connectivity index (χ4v) is 4.80. The number of thioether (sulfide) groups is 1. The topological polar surface area (TPSA) is 106 Å². The molecule has 1 aliphatic heterocycles. The number of hydrogen-bond donors (Lipinski definition) is 1. The number of aliphatic hydroxyl groups excluding tert-OH is 1. The maximum atomic E-state index is 10.1. The second-order valence-electron chi connectivity index (χ2n) is 8.12. The van der Waals surface area contributed by atoms with Crippen LogP contribution in [0, 0.1) is 22.7 Å². The van der Waals surface area contributed by atoms with E-state index >= 15 is 0 Å². The Morgan fingerprint density at radius 3 is 2.47 bits per heavy atom. The van der Waals surface area contributed by atoms with E-state index < -0.39 is 6.10 Å². The molecule has 1 fully saturated rings. The van der Waals surface area contributed by atoms with Gasteiger partial charge in [-0.2, -0.15) is 10.5 Å². The van der Waals surface area contributed by atoms with E-state index in [0.29, 0.717) is 39.0 Å². The first-order valence-electron chi connectivity index (χ1n) is 11.2. The standard InChI is InChI=1S/C26H25N5O2S/c1-18(32)16-33-21-8-6-20(7-9-21)24-22(13-27)25(31-11-2-3-12-31)30-26(23(24)14-28)34-17-19-5-4-10-29-15-19/h4-10,15,18,32H,2-3,11-12,16-17H2,1H3. The highest BCUT2D eigenvalue weighted by Crippen LogP contribution is 2.39. The molecule has 0 amide bonds. The number of aliphatic hydroxyl groups is 1. The molecule has 1 aromatic carbocycles. The summed E-state index contributed by atoms with van der Waals surface area (Å²) in [6.07, 6.45) is 5.06. The van der Waals surface area contributed by atoms with Crippen molar-refractivity contribution in [1.29, 1.82) is 10.5 Å². The van der Waals surface area contributed by atoms with Gasteiger partial charge < -0.3 is 14.7 Å². The molecule has 1 N–H and O–H groups in total. The monoisotopic (exact) mass is 471 g/mol. The molecule has 0 bridgehead atoms. The number of nitrogens with zero attached hydrogens (tertiary/aromatic N) is 5. The molecule has 1 saturated heterocycles. The van der Waals surface area contributed by atoms with E-state index in [1.165, 1.54) is 11.8 Å². The molecule has 1 aliphatic rings. The van der Waals surface area contributed by atoms with Crippen LogP contribution in [0.15, 0.2) is 53.8 Å². The number of anilines is 1. The van der Waals surface area contributed by atoms with Crippen molar-refractivity contribution in [1.82, 2.24) is 9.97 Å². The van der Waals surface area contributed by atoms with Crippen molar-refractivity contribution in [2.24, 2.45) is 0 Å². The van der Waals surface area contributed by atoms with Crippen LogP contribution in [0.25, 0.3) is 11.1 Å². The molecule has 0 saturated carbocycles. The SMILES string of the molecule is CC(O)COc1ccc(-c2c(C#N)c(SCc3cccnc3)nc(N3CCCC3)c2C#N)cc1. The minimum Gasteiger partial charge on any atom is -0.491 e. The number of pyridine rings is 2. The van der Waals surface area contributed by atoms with Crippen molar-refractivity contribution in [3.63, 3.8) is 0 Å². The summed E-state index contributed by atoms with van der Waals surface area (Å²) in [7, 11) is 0. The maximum Gasteiger partial charge on any atom is 0.148 e. The highest BCUT2D eigenvalue weighted by molar-refractivity contribution is 7.98. The average Bonchev–Trinajstić information content (AvgIpc) is 3.41. The molecule has 0 radical (unpaired) electrons. The lowest BCUT2D eigenvalue weighted by molar-refractivity contribution is 0.123. The molecule has 34 heavy (non-hydrogen) atoms. The highest BCUT2D eigenvalue weighted by atomic mass is 32.2. The quantitative estimate of drug-likeness (QED) is 0.477. The summed E-state index contributed by atoms with van der Waals surface area (Å²) in [4.78, 5) is 11.1. The van der Waals surface area contributed by atoms with E-state index in [1.54, 1.807) is 31.5 Å². The zero-order valence-electron chi connectivity index (χ0n) is 18.9. The minimum atomic E-state index is -0.572. The fraction of sp³-hybridized carbons (Fsp3) is 0.308. The molecular formula is C26H25N5O2S. The zero-order valence-corrected chi connectivity index (χ0v) is 19.8. The van der Waals surface area contributed by atoms with Crippen molar-refractivity contribution in [3.05, 3.63) is 65.5 Å². The first kappa shape index (κ1) is 23.6. The third-order valence-electron chi connectivity index (χ3n) is 5.51. The fourth-order valence-electron chi connectivity index (χ4n) is 3.88. The van der Waals surface area contributed by atoms with Gasteiger partial charge >= 0.3 is 0 Å². The second kappa shape index (κ2) is 11.0. The summed E-state index contributed by atoms with van der Waals surface area (Å²) in [6, 6.07) is 15.8. The Morgan fingerprint density at radius 2 is 1.85 bits per heavy atom. The zero-order chi connectivity index (χ0) is 23.9. The van der Waals surface area contributed by atoms with Gasteiger partial charge in [0, 0.05) is 36.8 Å². The van der Waals surface area contributed by atoms with Gasteiger partial charge in [0.15, 0.2) is 0 Å². The van der Waals surface area contributed by atoms with E-state index in [0.717, 1.165) is 37.1 Å². The van der Waals surface area contributed by atoms with Crippen LogP contribution in [0.3, 0.4) is 0 Å². The maximum absolute atomic E-state index is 10.1. The van der Waals surface area contributed by atoms with Gasteiger partial charge in [0.1, 0.15) is 40.9 Å². The molecule has 4 rings (SSSR count). The van der Waals surface area contributed by atoms with E-state index in [9.17, 15) is 15.6 Å². The van der Waals surface area contributed by atoms with Gasteiger partial charge in [-0.1, -0.05) is 18.2 Å². The Hall–Kier alpha value is -3.59. The summed E-state index contributed by atoms with van der Waals surface area (Å²) in [5, 5.41) is 30.4. The summed E-state index contributed by atoms with van der Waals surface area (Å²) in [6.45, 7) is 3.53. The molecule has 2 aromatic heterocycles. The molecule has 1 atom stereocenters. The molecule has 0 aliphatic carbocycles. The average molecular weight is 472 g/mol. The molecule has 0 spiro atoms. The Morgan fingerprint density at radius 1 is 1.12 bits per heavy atom. The predicted octanol–water partition coefficient (Wildman–Crippen LogP) is 4.54. The van der Waals surface area contributed by atoms with Gasteiger partial charge in [-0.15, -0.1) is 11.8 Å². The van der Waals surface area contributed by atoms with Crippen molar-refractivity contribution in [3.8, 4) is 29.0 Å². The van der Waals surface area contributed by atoms with Gasteiger partial charge in [-0.05, 0) is 49.1 Å². The van der Waals surface area contributed by atoms with Crippen molar-refractivity contribution in [2.45, 2.75) is 36.6 Å². The Labute approximate surface area is 203 Å². The van der Waals surface area contributed by atoms with Gasteiger partial charge in [0.05, 0.1) is 11.7 Å². The van der Waals surface area contributed by atoms with Crippen LogP contribution in [0.2, 0.25) is 0 Å². The number of aromatic nitrogens is 2. The van der Waals surface area contributed by atoms with E-state index in [2.05, 4.69) is 22.0 Å². The highest BCUT2D eigenvalue weighted by Gasteiger charge is 2.26. The lowest BCUT2D eigenvalue weighted by Gasteiger charge is -2.22. The van der Waals surface area contributed by atoms with Gasteiger partial charge in [0.2, 0.25) is 0 Å².